The Hall–Kier alpha value is -1.83. The molecular weight excluding hydrogens is 416 g/mol. The average Bonchev–Trinajstić information content (AvgIpc) is 2.95. The van der Waals surface area contributed by atoms with Gasteiger partial charge in [0.2, 0.25) is 5.95 Å². The minimum atomic E-state index is -0.823. The normalized spacial score (nSPS) is 23.7. The summed E-state index contributed by atoms with van der Waals surface area (Å²) in [5.74, 6) is 0.599. The van der Waals surface area contributed by atoms with Gasteiger partial charge in [0.15, 0.2) is 0 Å². The van der Waals surface area contributed by atoms with E-state index in [1.54, 1.807) is 25.2 Å². The Balaban J connectivity index is 1.66. The zero-order valence-electron chi connectivity index (χ0n) is 16.2. The highest BCUT2D eigenvalue weighted by molar-refractivity contribution is 6.43. The minimum absolute atomic E-state index is 0.106. The van der Waals surface area contributed by atoms with Crippen molar-refractivity contribution in [1.82, 2.24) is 9.55 Å². The van der Waals surface area contributed by atoms with Gasteiger partial charge in [-0.2, -0.15) is 4.98 Å². The summed E-state index contributed by atoms with van der Waals surface area (Å²) >= 11 is 12.4. The Morgan fingerprint density at radius 1 is 1.28 bits per heavy atom. The van der Waals surface area contributed by atoms with Gasteiger partial charge in [-0.25, -0.2) is 4.39 Å². The lowest BCUT2D eigenvalue weighted by atomic mass is 9.74. The standard InChI is InChI=1S/C20H24Cl2FN5O/c1-27-18(29)15(12-3-2-4-13(21)16(12)22)17(25)26-19(27)28-7-5-20(6-8-28)10-11(23)9-14(20)24/h2-4,11,14H,5-10,24-25H2,1H3/t11-,14-/m1/s1. The largest absolute Gasteiger partial charge is 0.383 e. The Kier molecular flexibility index (Phi) is 5.25. The highest BCUT2D eigenvalue weighted by Crippen LogP contribution is 2.47. The summed E-state index contributed by atoms with van der Waals surface area (Å²) in [4.78, 5) is 19.6. The van der Waals surface area contributed by atoms with Crippen LogP contribution in [0, 0.1) is 5.41 Å². The molecule has 4 N–H and O–H groups in total. The molecule has 156 valence electrons. The van der Waals surface area contributed by atoms with Crippen LogP contribution in [0.5, 0.6) is 0 Å². The van der Waals surface area contributed by atoms with E-state index < -0.39 is 6.17 Å². The zero-order valence-corrected chi connectivity index (χ0v) is 17.7. The molecule has 1 aromatic carbocycles. The highest BCUT2D eigenvalue weighted by atomic mass is 35.5. The van der Waals surface area contributed by atoms with Gasteiger partial charge in [-0.15, -0.1) is 0 Å². The van der Waals surface area contributed by atoms with Crippen molar-refractivity contribution in [2.75, 3.05) is 23.7 Å². The minimum Gasteiger partial charge on any atom is -0.383 e. The van der Waals surface area contributed by atoms with Crippen LogP contribution >= 0.6 is 23.2 Å². The molecule has 1 aromatic heterocycles. The van der Waals surface area contributed by atoms with Gasteiger partial charge in [-0.05, 0) is 37.2 Å². The second-order valence-corrected chi connectivity index (χ2v) is 8.92. The smallest absolute Gasteiger partial charge is 0.264 e. The van der Waals surface area contributed by atoms with Crippen molar-refractivity contribution < 1.29 is 4.39 Å². The summed E-state index contributed by atoms with van der Waals surface area (Å²) < 4.78 is 15.4. The summed E-state index contributed by atoms with van der Waals surface area (Å²) in [5.41, 5.74) is 12.7. The van der Waals surface area contributed by atoms with Crippen LogP contribution in [0.25, 0.3) is 11.1 Å². The van der Waals surface area contributed by atoms with Crippen molar-refractivity contribution in [3.8, 4) is 11.1 Å². The number of alkyl halides is 1. The quantitative estimate of drug-likeness (QED) is 0.748. The predicted octanol–water partition coefficient (Wildman–Crippen LogP) is 3.38. The fourth-order valence-electron chi connectivity index (χ4n) is 4.77. The molecule has 1 aliphatic carbocycles. The lowest BCUT2D eigenvalue weighted by molar-refractivity contribution is 0.183. The number of nitrogen functional groups attached to an aromatic ring is 1. The van der Waals surface area contributed by atoms with Crippen LogP contribution in [0.15, 0.2) is 23.0 Å². The number of nitrogens with zero attached hydrogens (tertiary/aromatic N) is 3. The maximum atomic E-state index is 13.9. The Morgan fingerprint density at radius 3 is 2.59 bits per heavy atom. The van der Waals surface area contributed by atoms with E-state index in [4.69, 9.17) is 34.7 Å². The van der Waals surface area contributed by atoms with Crippen molar-refractivity contribution in [3.05, 3.63) is 38.6 Å². The monoisotopic (exact) mass is 439 g/mol. The fourth-order valence-corrected chi connectivity index (χ4v) is 5.16. The third-order valence-electron chi connectivity index (χ3n) is 6.48. The highest BCUT2D eigenvalue weighted by Gasteiger charge is 2.47. The molecule has 1 saturated carbocycles. The number of nitrogens with two attached hydrogens (primary N) is 2. The van der Waals surface area contributed by atoms with Crippen molar-refractivity contribution in [3.63, 3.8) is 0 Å². The predicted molar refractivity (Wildman–Crippen MR) is 115 cm³/mol. The summed E-state index contributed by atoms with van der Waals surface area (Å²) in [6.45, 7) is 1.30. The van der Waals surface area contributed by atoms with Crippen LogP contribution in [0.1, 0.15) is 25.7 Å². The van der Waals surface area contributed by atoms with E-state index in [1.807, 2.05) is 4.90 Å². The molecule has 1 saturated heterocycles. The first-order valence-corrected chi connectivity index (χ1v) is 10.4. The number of halogens is 3. The zero-order chi connectivity index (χ0) is 20.9. The van der Waals surface area contributed by atoms with Gasteiger partial charge >= 0.3 is 0 Å². The van der Waals surface area contributed by atoms with E-state index in [9.17, 15) is 9.18 Å². The van der Waals surface area contributed by atoms with Crippen LogP contribution in [0.4, 0.5) is 16.2 Å². The lowest BCUT2D eigenvalue weighted by Crippen LogP contribution is -2.48. The van der Waals surface area contributed by atoms with E-state index in [-0.39, 0.29) is 33.4 Å². The molecule has 6 nitrogen and oxygen atoms in total. The average molecular weight is 440 g/mol. The van der Waals surface area contributed by atoms with E-state index in [0.717, 1.165) is 12.8 Å². The number of piperidine rings is 1. The first-order chi connectivity index (χ1) is 13.7. The number of rotatable bonds is 2. The number of hydrogen-bond donors (Lipinski definition) is 2. The van der Waals surface area contributed by atoms with Gasteiger partial charge in [-0.1, -0.05) is 35.3 Å². The van der Waals surface area contributed by atoms with Crippen LogP contribution in [-0.4, -0.2) is 34.9 Å². The van der Waals surface area contributed by atoms with Crippen LogP contribution in [0.3, 0.4) is 0 Å². The molecule has 29 heavy (non-hydrogen) atoms. The van der Waals surface area contributed by atoms with E-state index in [0.29, 0.717) is 42.5 Å². The van der Waals surface area contributed by atoms with Crippen molar-refractivity contribution in [2.24, 2.45) is 18.2 Å². The fraction of sp³-hybridized carbons (Fsp3) is 0.500. The second-order valence-electron chi connectivity index (χ2n) is 8.13. The third kappa shape index (κ3) is 3.39. The van der Waals surface area contributed by atoms with Gasteiger partial charge < -0.3 is 16.4 Å². The van der Waals surface area contributed by atoms with Gasteiger partial charge in [0, 0.05) is 31.7 Å². The molecule has 2 atom stereocenters. The number of benzene rings is 1. The molecule has 2 fully saturated rings. The molecule has 0 amide bonds. The summed E-state index contributed by atoms with van der Waals surface area (Å²) in [6, 6.07) is 4.94. The van der Waals surface area contributed by atoms with Crippen molar-refractivity contribution >= 4 is 35.0 Å². The molecule has 2 heterocycles. The Bertz CT molecular complexity index is 1000. The maximum absolute atomic E-state index is 13.9. The van der Waals surface area contributed by atoms with Crippen molar-refractivity contribution in [2.45, 2.75) is 37.9 Å². The second kappa shape index (κ2) is 7.45. The molecule has 1 spiro atoms. The van der Waals surface area contributed by atoms with Gasteiger partial charge in [0.05, 0.1) is 15.6 Å². The van der Waals surface area contributed by atoms with Gasteiger partial charge in [-0.3, -0.25) is 9.36 Å². The molecule has 0 unspecified atom stereocenters. The SMILES string of the molecule is Cn1c(N2CCC3(CC2)C[C@H](F)C[C@H]3N)nc(N)c(-c2cccc(Cl)c2Cl)c1=O. The number of aromatic nitrogens is 2. The topological polar surface area (TPSA) is 90.2 Å². The molecule has 4 rings (SSSR count). The van der Waals surface area contributed by atoms with Crippen LogP contribution in [-0.2, 0) is 7.05 Å². The van der Waals surface area contributed by atoms with E-state index in [1.165, 1.54) is 4.57 Å². The summed E-state index contributed by atoms with van der Waals surface area (Å²) in [6.07, 6.45) is 1.66. The van der Waals surface area contributed by atoms with Crippen molar-refractivity contribution in [1.29, 1.82) is 0 Å². The number of anilines is 2. The number of hydrogen-bond acceptors (Lipinski definition) is 5. The molecule has 9 heteroatoms. The molecule has 0 radical (unpaired) electrons. The van der Waals surface area contributed by atoms with Gasteiger partial charge in [0.1, 0.15) is 12.0 Å². The summed E-state index contributed by atoms with van der Waals surface area (Å²) in [7, 11) is 1.66. The Labute approximate surface area is 178 Å². The first kappa shape index (κ1) is 20.4. The molecule has 2 aromatic rings. The molecular formula is C20H24Cl2FN5O. The molecule has 0 bridgehead atoms. The van der Waals surface area contributed by atoms with Crippen LogP contribution in [0.2, 0.25) is 10.0 Å². The maximum Gasteiger partial charge on any atom is 0.264 e. The first-order valence-electron chi connectivity index (χ1n) is 9.69. The summed E-state index contributed by atoms with van der Waals surface area (Å²) in [5, 5.41) is 0.610. The van der Waals surface area contributed by atoms with Gasteiger partial charge in [0.25, 0.3) is 5.56 Å². The molecule has 2 aliphatic rings. The lowest BCUT2D eigenvalue weighted by Gasteiger charge is -2.42. The molecule has 1 aliphatic heterocycles. The van der Waals surface area contributed by atoms with E-state index in [2.05, 4.69) is 4.98 Å². The van der Waals surface area contributed by atoms with E-state index >= 15 is 0 Å². The van der Waals surface area contributed by atoms with Crippen LogP contribution < -0.4 is 21.9 Å². The Morgan fingerprint density at radius 2 is 1.97 bits per heavy atom. The third-order valence-corrected chi connectivity index (χ3v) is 7.30.